The predicted octanol–water partition coefficient (Wildman–Crippen LogP) is 2.83. The van der Waals surface area contributed by atoms with Gasteiger partial charge in [-0.15, -0.1) is 0 Å². The molecule has 0 amide bonds. The molecule has 0 unspecified atom stereocenters. The molecule has 0 bridgehead atoms. The van der Waals surface area contributed by atoms with E-state index in [1.165, 1.54) is 6.20 Å². The van der Waals surface area contributed by atoms with E-state index in [1.807, 2.05) is 30.3 Å². The van der Waals surface area contributed by atoms with Crippen molar-refractivity contribution in [1.82, 2.24) is 19.6 Å². The maximum absolute atomic E-state index is 11.3. The summed E-state index contributed by atoms with van der Waals surface area (Å²) in [5.41, 5.74) is 1.99. The van der Waals surface area contributed by atoms with Gasteiger partial charge in [0.05, 0.1) is 34.4 Å². The molecule has 6 heteroatoms. The molecule has 100 valence electrons. The number of hydrogen-bond acceptors (Lipinski definition) is 3. The van der Waals surface area contributed by atoms with Gasteiger partial charge < -0.3 is 0 Å². The molecule has 20 heavy (non-hydrogen) atoms. The molecule has 0 fully saturated rings. The first-order chi connectivity index (χ1) is 9.70. The second-order valence-electron chi connectivity index (χ2n) is 4.29. The third-order valence-electron chi connectivity index (χ3n) is 2.97. The number of carbonyl (C=O) groups is 1. The number of para-hydroxylation sites is 1. The van der Waals surface area contributed by atoms with E-state index >= 15 is 0 Å². The highest BCUT2D eigenvalue weighted by Crippen LogP contribution is 2.21. The van der Waals surface area contributed by atoms with Crippen molar-refractivity contribution in [3.63, 3.8) is 0 Å². The summed E-state index contributed by atoms with van der Waals surface area (Å²) in [6.45, 7) is 1.79. The zero-order valence-electron chi connectivity index (χ0n) is 10.7. The van der Waals surface area contributed by atoms with Crippen LogP contribution < -0.4 is 0 Å². The third-order valence-corrected chi connectivity index (χ3v) is 3.16. The molecule has 1 aromatic carbocycles. The quantitative estimate of drug-likeness (QED) is 0.696. The van der Waals surface area contributed by atoms with Crippen LogP contribution in [0.5, 0.6) is 0 Å². The van der Waals surface area contributed by atoms with Gasteiger partial charge >= 0.3 is 0 Å². The number of benzene rings is 1. The molecule has 0 N–H and O–H groups in total. The first kappa shape index (κ1) is 12.6. The van der Waals surface area contributed by atoms with Crippen molar-refractivity contribution in [2.24, 2.45) is 0 Å². The number of carbonyl (C=O) groups excluding carboxylic acids is 1. The first-order valence-electron chi connectivity index (χ1n) is 6.01. The molecule has 3 aromatic rings. The molecule has 2 aromatic heterocycles. The molecule has 0 spiro atoms. The van der Waals surface area contributed by atoms with Crippen molar-refractivity contribution < 1.29 is 4.79 Å². The van der Waals surface area contributed by atoms with E-state index in [1.54, 1.807) is 22.5 Å². The summed E-state index contributed by atoms with van der Waals surface area (Å²) in [5, 5.41) is 9.08. The average molecular weight is 287 g/mol. The van der Waals surface area contributed by atoms with Crippen LogP contribution in [0.4, 0.5) is 0 Å². The van der Waals surface area contributed by atoms with Crippen LogP contribution >= 0.6 is 11.6 Å². The summed E-state index contributed by atoms with van der Waals surface area (Å²) >= 11 is 5.91. The van der Waals surface area contributed by atoms with Crippen molar-refractivity contribution in [3.05, 3.63) is 59.0 Å². The fraction of sp³-hybridized carbons (Fsp3) is 0.0714. The monoisotopic (exact) mass is 286 g/mol. The Hall–Kier alpha value is -2.40. The minimum absolute atomic E-state index is 0.494. The van der Waals surface area contributed by atoms with E-state index in [2.05, 4.69) is 10.2 Å². The lowest BCUT2D eigenvalue weighted by molar-refractivity contribution is 0.112. The number of halogens is 1. The van der Waals surface area contributed by atoms with Gasteiger partial charge in [-0.2, -0.15) is 10.2 Å². The highest BCUT2D eigenvalue weighted by atomic mass is 35.5. The van der Waals surface area contributed by atoms with Gasteiger partial charge in [-0.1, -0.05) is 29.8 Å². The second-order valence-corrected chi connectivity index (χ2v) is 4.73. The standard InChI is InChI=1S/C14H11ClN4O/c1-10-13(9-20)14(18-8-11(15)7-16-18)19(17-10)12-5-3-2-4-6-12/h2-9H,1H3. The fourth-order valence-corrected chi connectivity index (χ4v) is 2.19. The van der Waals surface area contributed by atoms with Crippen molar-refractivity contribution >= 4 is 17.9 Å². The Morgan fingerprint density at radius 3 is 2.60 bits per heavy atom. The summed E-state index contributed by atoms with van der Waals surface area (Å²) in [6, 6.07) is 9.57. The van der Waals surface area contributed by atoms with E-state index in [-0.39, 0.29) is 0 Å². The highest BCUT2D eigenvalue weighted by Gasteiger charge is 2.18. The molecule has 0 aliphatic heterocycles. The predicted molar refractivity (Wildman–Crippen MR) is 75.8 cm³/mol. The van der Waals surface area contributed by atoms with Crippen molar-refractivity contribution in [3.8, 4) is 11.5 Å². The van der Waals surface area contributed by atoms with Crippen LogP contribution in [0.25, 0.3) is 11.5 Å². The summed E-state index contributed by atoms with van der Waals surface area (Å²) < 4.78 is 3.24. The maximum atomic E-state index is 11.3. The van der Waals surface area contributed by atoms with Gasteiger partial charge in [-0.05, 0) is 19.1 Å². The minimum atomic E-state index is 0.494. The SMILES string of the molecule is Cc1nn(-c2ccccc2)c(-n2cc(Cl)cn2)c1C=O. The van der Waals surface area contributed by atoms with Crippen LogP contribution in [0.1, 0.15) is 16.1 Å². The van der Waals surface area contributed by atoms with Crippen molar-refractivity contribution in [1.29, 1.82) is 0 Å². The Balaban J connectivity index is 2.28. The van der Waals surface area contributed by atoms with E-state index in [9.17, 15) is 4.79 Å². The van der Waals surface area contributed by atoms with Crippen LogP contribution in [0.3, 0.4) is 0 Å². The fourth-order valence-electron chi connectivity index (χ4n) is 2.05. The topological polar surface area (TPSA) is 52.7 Å². The molecule has 0 saturated carbocycles. The van der Waals surface area contributed by atoms with Gasteiger partial charge in [0.25, 0.3) is 0 Å². The van der Waals surface area contributed by atoms with Crippen LogP contribution in [-0.2, 0) is 0 Å². The molecule has 5 nitrogen and oxygen atoms in total. The van der Waals surface area contributed by atoms with Crippen LogP contribution in [0, 0.1) is 6.92 Å². The number of rotatable bonds is 3. The first-order valence-corrected chi connectivity index (χ1v) is 6.39. The Kier molecular flexibility index (Phi) is 3.12. The van der Waals surface area contributed by atoms with Gasteiger partial charge in [-0.3, -0.25) is 4.79 Å². The number of hydrogen-bond donors (Lipinski definition) is 0. The summed E-state index contributed by atoms with van der Waals surface area (Å²) in [6.07, 6.45) is 3.95. The largest absolute Gasteiger partial charge is 0.298 e. The second kappa shape index (κ2) is 4.94. The smallest absolute Gasteiger partial charge is 0.167 e. The van der Waals surface area contributed by atoms with Crippen LogP contribution in [0.2, 0.25) is 5.02 Å². The van der Waals surface area contributed by atoms with E-state index < -0.39 is 0 Å². The number of aromatic nitrogens is 4. The lowest BCUT2D eigenvalue weighted by atomic mass is 10.2. The Bertz CT molecular complexity index is 761. The van der Waals surface area contributed by atoms with Gasteiger partial charge in [0.15, 0.2) is 12.1 Å². The maximum Gasteiger partial charge on any atom is 0.167 e. The molecule has 0 saturated heterocycles. The number of aryl methyl sites for hydroxylation is 1. The molecule has 3 rings (SSSR count). The van der Waals surface area contributed by atoms with Crippen LogP contribution in [-0.4, -0.2) is 25.8 Å². The molecule has 0 atom stereocenters. The minimum Gasteiger partial charge on any atom is -0.298 e. The lowest BCUT2D eigenvalue weighted by Crippen LogP contribution is -2.07. The lowest BCUT2D eigenvalue weighted by Gasteiger charge is -2.07. The molecule has 2 heterocycles. The zero-order valence-corrected chi connectivity index (χ0v) is 11.4. The molecular formula is C14H11ClN4O. The Morgan fingerprint density at radius 2 is 2.00 bits per heavy atom. The Labute approximate surface area is 120 Å². The Morgan fingerprint density at radius 1 is 1.25 bits per heavy atom. The van der Waals surface area contributed by atoms with Gasteiger partial charge in [0.2, 0.25) is 0 Å². The van der Waals surface area contributed by atoms with Gasteiger partial charge in [-0.25, -0.2) is 9.36 Å². The van der Waals surface area contributed by atoms with Gasteiger partial charge in [0, 0.05) is 0 Å². The number of nitrogens with zero attached hydrogens (tertiary/aromatic N) is 4. The number of aldehydes is 1. The summed E-state index contributed by atoms with van der Waals surface area (Å²) in [7, 11) is 0. The molecule has 0 aliphatic rings. The van der Waals surface area contributed by atoms with E-state index in [0.717, 1.165) is 12.0 Å². The van der Waals surface area contributed by atoms with E-state index in [0.29, 0.717) is 22.1 Å². The molecule has 0 aliphatic carbocycles. The molecular weight excluding hydrogens is 276 g/mol. The average Bonchev–Trinajstić information content (AvgIpc) is 3.03. The van der Waals surface area contributed by atoms with Gasteiger partial charge in [0.1, 0.15) is 0 Å². The van der Waals surface area contributed by atoms with Crippen molar-refractivity contribution in [2.45, 2.75) is 6.92 Å². The van der Waals surface area contributed by atoms with Crippen molar-refractivity contribution in [2.75, 3.05) is 0 Å². The zero-order chi connectivity index (χ0) is 14.1. The molecule has 0 radical (unpaired) electrons. The summed E-state index contributed by atoms with van der Waals surface area (Å²) in [4.78, 5) is 11.3. The third kappa shape index (κ3) is 2.02. The normalized spacial score (nSPS) is 10.7. The highest BCUT2D eigenvalue weighted by molar-refractivity contribution is 6.30. The summed E-state index contributed by atoms with van der Waals surface area (Å²) in [5.74, 6) is 0.579. The van der Waals surface area contributed by atoms with E-state index in [4.69, 9.17) is 11.6 Å². The van der Waals surface area contributed by atoms with Crippen LogP contribution in [0.15, 0.2) is 42.7 Å².